The summed E-state index contributed by atoms with van der Waals surface area (Å²) < 4.78 is 12.5. The fourth-order valence-corrected chi connectivity index (χ4v) is 4.69. The molecule has 2 bridgehead atoms. The Labute approximate surface area is 149 Å². The molecular formula is C20H28N2O3. The molecule has 1 aromatic rings. The highest BCUT2D eigenvalue weighted by atomic mass is 16.5. The molecule has 1 aromatic heterocycles. The fraction of sp³-hybridized carbons (Fsp3) is 0.700. The van der Waals surface area contributed by atoms with Gasteiger partial charge in [-0.1, -0.05) is 25.5 Å². The fourth-order valence-electron chi connectivity index (χ4n) is 4.69. The monoisotopic (exact) mass is 344 g/mol. The minimum atomic E-state index is -0.209. The lowest BCUT2D eigenvalue weighted by atomic mass is 9.48. The molecule has 0 radical (unpaired) electrons. The van der Waals surface area contributed by atoms with E-state index in [2.05, 4.69) is 25.0 Å². The zero-order valence-electron chi connectivity index (χ0n) is 15.2. The predicted octanol–water partition coefficient (Wildman–Crippen LogP) is 3.31. The van der Waals surface area contributed by atoms with Gasteiger partial charge in [-0.15, -0.1) is 0 Å². The second-order valence-electron chi connectivity index (χ2n) is 8.32. The molecule has 0 N–H and O–H groups in total. The Kier molecular flexibility index (Phi) is 4.44. The van der Waals surface area contributed by atoms with E-state index in [0.717, 1.165) is 37.5 Å². The molecule has 0 spiro atoms. The molecule has 1 unspecified atom stereocenters. The number of ether oxygens (including phenoxy) is 2. The summed E-state index contributed by atoms with van der Waals surface area (Å²) in [5.74, 6) is 1.74. The Hall–Kier alpha value is -1.62. The summed E-state index contributed by atoms with van der Waals surface area (Å²) >= 11 is 0. The van der Waals surface area contributed by atoms with E-state index in [1.54, 1.807) is 4.68 Å². The first-order chi connectivity index (χ1) is 12.0. The van der Waals surface area contributed by atoms with Gasteiger partial charge in [0.15, 0.2) is 0 Å². The van der Waals surface area contributed by atoms with Crippen LogP contribution in [0.2, 0.25) is 0 Å². The van der Waals surface area contributed by atoms with Gasteiger partial charge in [0.25, 0.3) is 0 Å². The number of carbonyl (C=O) groups is 1. The second kappa shape index (κ2) is 6.60. The molecule has 2 heterocycles. The Morgan fingerprint density at radius 1 is 1.48 bits per heavy atom. The number of hydrogen-bond donors (Lipinski definition) is 0. The number of allylic oxidation sites excluding steroid dienone is 1. The molecule has 3 aliphatic carbocycles. The van der Waals surface area contributed by atoms with E-state index in [9.17, 15) is 4.79 Å². The smallest absolute Gasteiger partial charge is 0.327 e. The molecule has 5 rings (SSSR count). The van der Waals surface area contributed by atoms with Gasteiger partial charge < -0.3 is 9.47 Å². The predicted molar refractivity (Wildman–Crippen MR) is 94.1 cm³/mol. The SMILES string of the molecule is CC1(C)[C@H]2CC=C(CCOC(=O)Cn3cc(C4CCOC4)cn3)[C@@H]1C2. The van der Waals surface area contributed by atoms with Gasteiger partial charge in [-0.3, -0.25) is 9.48 Å². The molecule has 4 aliphatic rings. The Balaban J connectivity index is 1.23. The molecule has 5 heteroatoms. The average molecular weight is 344 g/mol. The Morgan fingerprint density at radius 3 is 3.08 bits per heavy atom. The van der Waals surface area contributed by atoms with Crippen molar-refractivity contribution in [2.45, 2.75) is 52.0 Å². The van der Waals surface area contributed by atoms with Crippen LogP contribution in [0.1, 0.15) is 51.0 Å². The van der Waals surface area contributed by atoms with Crippen molar-refractivity contribution in [1.29, 1.82) is 0 Å². The van der Waals surface area contributed by atoms with Crippen molar-refractivity contribution in [1.82, 2.24) is 9.78 Å². The van der Waals surface area contributed by atoms with Gasteiger partial charge in [0.2, 0.25) is 0 Å². The van der Waals surface area contributed by atoms with Crippen molar-refractivity contribution in [3.8, 4) is 0 Å². The first-order valence-electron chi connectivity index (χ1n) is 9.48. The maximum absolute atomic E-state index is 12.1. The molecule has 5 nitrogen and oxygen atoms in total. The number of rotatable bonds is 6. The van der Waals surface area contributed by atoms with Crippen molar-refractivity contribution < 1.29 is 14.3 Å². The van der Waals surface area contributed by atoms with Gasteiger partial charge in [-0.25, -0.2) is 0 Å². The Morgan fingerprint density at radius 2 is 2.36 bits per heavy atom. The lowest BCUT2D eigenvalue weighted by molar-refractivity contribution is -0.144. The van der Waals surface area contributed by atoms with Crippen LogP contribution in [0.4, 0.5) is 0 Å². The quantitative estimate of drug-likeness (QED) is 0.587. The molecule has 0 amide bonds. The number of aromatic nitrogens is 2. The van der Waals surface area contributed by atoms with Crippen LogP contribution < -0.4 is 0 Å². The zero-order valence-corrected chi connectivity index (χ0v) is 15.2. The summed E-state index contributed by atoms with van der Waals surface area (Å²) in [5.41, 5.74) is 3.08. The normalized spacial score (nSPS) is 29.8. The highest BCUT2D eigenvalue weighted by Crippen LogP contribution is 2.59. The first-order valence-corrected chi connectivity index (χ1v) is 9.48. The lowest BCUT2D eigenvalue weighted by Crippen LogP contribution is -2.48. The maximum atomic E-state index is 12.1. The van der Waals surface area contributed by atoms with Gasteiger partial charge in [0, 0.05) is 25.1 Å². The largest absolute Gasteiger partial charge is 0.464 e. The van der Waals surface area contributed by atoms with Crippen LogP contribution in [0.25, 0.3) is 0 Å². The third-order valence-corrected chi connectivity index (χ3v) is 6.58. The van der Waals surface area contributed by atoms with Crippen molar-refractivity contribution in [3.05, 3.63) is 29.6 Å². The standard InChI is InChI=1S/C20H28N2O3/c1-20(2)17-4-3-14(18(20)9-17)6-8-25-19(23)12-22-11-16(10-21-22)15-5-7-24-13-15/h3,10-11,15,17-18H,4-9,12-13H2,1-2H3/t15?,17-,18-/m0/s1. The van der Waals surface area contributed by atoms with Crippen molar-refractivity contribution in [2.24, 2.45) is 17.3 Å². The van der Waals surface area contributed by atoms with Crippen LogP contribution >= 0.6 is 0 Å². The minimum Gasteiger partial charge on any atom is -0.464 e. The van der Waals surface area contributed by atoms with Crippen LogP contribution in [-0.2, 0) is 20.8 Å². The van der Waals surface area contributed by atoms with Gasteiger partial charge in [-0.2, -0.15) is 5.10 Å². The molecule has 1 saturated heterocycles. The Bertz CT molecular complexity index is 670. The summed E-state index contributed by atoms with van der Waals surface area (Å²) in [6.07, 6.45) is 10.6. The van der Waals surface area contributed by atoms with E-state index in [4.69, 9.17) is 9.47 Å². The van der Waals surface area contributed by atoms with Crippen LogP contribution in [0.3, 0.4) is 0 Å². The third kappa shape index (κ3) is 3.26. The van der Waals surface area contributed by atoms with Crippen LogP contribution in [0.15, 0.2) is 24.0 Å². The summed E-state index contributed by atoms with van der Waals surface area (Å²) in [5, 5.41) is 4.29. The van der Waals surface area contributed by atoms with E-state index < -0.39 is 0 Å². The third-order valence-electron chi connectivity index (χ3n) is 6.58. The molecule has 0 aromatic carbocycles. The highest BCUT2D eigenvalue weighted by molar-refractivity contribution is 5.69. The van der Waals surface area contributed by atoms with E-state index in [1.807, 2.05) is 12.4 Å². The number of esters is 1. The molecule has 136 valence electrons. The zero-order chi connectivity index (χ0) is 17.4. The van der Waals surface area contributed by atoms with E-state index in [1.165, 1.54) is 18.4 Å². The summed E-state index contributed by atoms with van der Waals surface area (Å²) in [6.45, 7) is 6.97. The molecule has 2 fully saturated rings. The first kappa shape index (κ1) is 16.8. The van der Waals surface area contributed by atoms with Crippen molar-refractivity contribution in [3.63, 3.8) is 0 Å². The van der Waals surface area contributed by atoms with Crippen LogP contribution in [-0.4, -0.2) is 35.6 Å². The molecule has 25 heavy (non-hydrogen) atoms. The molecule has 3 atom stereocenters. The molecule has 1 saturated carbocycles. The summed E-state index contributed by atoms with van der Waals surface area (Å²) in [4.78, 5) is 12.1. The van der Waals surface area contributed by atoms with Crippen molar-refractivity contribution >= 4 is 5.97 Å². The number of carbonyl (C=O) groups excluding carboxylic acids is 1. The number of nitrogens with zero attached hydrogens (tertiary/aromatic N) is 2. The number of fused-ring (bicyclic) bond motifs is 1. The van der Waals surface area contributed by atoms with E-state index in [0.29, 0.717) is 23.9 Å². The van der Waals surface area contributed by atoms with Crippen molar-refractivity contribution in [2.75, 3.05) is 19.8 Å². The van der Waals surface area contributed by atoms with E-state index in [-0.39, 0.29) is 12.5 Å². The van der Waals surface area contributed by atoms with Gasteiger partial charge >= 0.3 is 5.97 Å². The molecule has 1 aliphatic heterocycles. The van der Waals surface area contributed by atoms with Crippen LogP contribution in [0, 0.1) is 17.3 Å². The van der Waals surface area contributed by atoms with Gasteiger partial charge in [-0.05, 0) is 42.1 Å². The van der Waals surface area contributed by atoms with Crippen LogP contribution in [0.5, 0.6) is 0 Å². The summed E-state index contributed by atoms with van der Waals surface area (Å²) in [7, 11) is 0. The van der Waals surface area contributed by atoms with Gasteiger partial charge in [0.1, 0.15) is 6.54 Å². The number of hydrogen-bond acceptors (Lipinski definition) is 4. The second-order valence-corrected chi connectivity index (χ2v) is 8.32. The average Bonchev–Trinajstić information content (AvgIpc) is 3.26. The highest BCUT2D eigenvalue weighted by Gasteiger charge is 2.50. The van der Waals surface area contributed by atoms with E-state index >= 15 is 0 Å². The topological polar surface area (TPSA) is 53.4 Å². The minimum absolute atomic E-state index is 0.184. The summed E-state index contributed by atoms with van der Waals surface area (Å²) in [6, 6.07) is 0. The van der Waals surface area contributed by atoms with Gasteiger partial charge in [0.05, 0.1) is 19.4 Å². The molecular weight excluding hydrogens is 316 g/mol. The lowest BCUT2D eigenvalue weighted by Gasteiger charge is -2.56. The maximum Gasteiger partial charge on any atom is 0.327 e.